The fourth-order valence-electron chi connectivity index (χ4n) is 0.855. The maximum Gasteiger partial charge on any atom is 0.259 e. The zero-order valence-corrected chi connectivity index (χ0v) is 9.73. The van der Waals surface area contributed by atoms with Crippen LogP contribution in [-0.4, -0.2) is 24.2 Å². The number of hydrogen-bond acceptors (Lipinski definition) is 2. The molecule has 0 radical (unpaired) electrons. The smallest absolute Gasteiger partial charge is 0.259 e. The van der Waals surface area contributed by atoms with E-state index in [-0.39, 0.29) is 0 Å². The Morgan fingerprint density at radius 2 is 1.93 bits per heavy atom. The number of benzene rings is 1. The van der Waals surface area contributed by atoms with Gasteiger partial charge in [0.2, 0.25) is 0 Å². The Morgan fingerprint density at radius 1 is 1.36 bits per heavy atom. The Balaban J connectivity index is 2.46. The van der Waals surface area contributed by atoms with Crippen molar-refractivity contribution < 1.29 is 4.74 Å². The molecule has 2 nitrogen and oxygen atoms in total. The predicted molar refractivity (Wildman–Crippen MR) is 62.5 cm³/mol. The van der Waals surface area contributed by atoms with Gasteiger partial charge >= 0.3 is 0 Å². The second kappa shape index (κ2) is 5.17. The first kappa shape index (κ1) is 11.3. The van der Waals surface area contributed by atoms with Gasteiger partial charge < -0.3 is 9.64 Å². The molecule has 4 heteroatoms. The van der Waals surface area contributed by atoms with Crippen LogP contribution in [0.15, 0.2) is 24.3 Å². The van der Waals surface area contributed by atoms with E-state index in [1.165, 1.54) is 0 Å². The molecule has 0 saturated heterocycles. The van der Waals surface area contributed by atoms with E-state index in [0.717, 1.165) is 10.6 Å². The third-order valence-corrected chi connectivity index (χ3v) is 2.38. The van der Waals surface area contributed by atoms with E-state index in [2.05, 4.69) is 0 Å². The lowest BCUT2D eigenvalue weighted by molar-refractivity contribution is 0.257. The number of hydrogen-bond donors (Lipinski definition) is 0. The lowest BCUT2D eigenvalue weighted by atomic mass is 10.2. The van der Waals surface area contributed by atoms with Crippen molar-refractivity contribution in [3.05, 3.63) is 34.9 Å². The van der Waals surface area contributed by atoms with Crippen molar-refractivity contribution >= 4 is 29.0 Å². The number of nitrogens with zero attached hydrogens (tertiary/aromatic N) is 1. The molecule has 1 aromatic rings. The van der Waals surface area contributed by atoms with Crippen molar-refractivity contribution in [1.29, 1.82) is 0 Å². The van der Waals surface area contributed by atoms with Crippen molar-refractivity contribution in [2.75, 3.05) is 14.1 Å². The summed E-state index contributed by atoms with van der Waals surface area (Å²) in [5.74, 6) is 0. The molecule has 0 unspecified atom stereocenters. The summed E-state index contributed by atoms with van der Waals surface area (Å²) in [5, 5.41) is 1.21. The molecular weight excluding hydrogens is 218 g/mol. The highest BCUT2D eigenvalue weighted by Crippen LogP contribution is 2.10. The molecule has 76 valence electrons. The molecule has 0 heterocycles. The molecule has 1 rings (SSSR count). The van der Waals surface area contributed by atoms with Crippen molar-refractivity contribution in [2.45, 2.75) is 6.61 Å². The van der Waals surface area contributed by atoms with Crippen LogP contribution in [-0.2, 0) is 11.3 Å². The Hall–Kier alpha value is -0.800. The van der Waals surface area contributed by atoms with Crippen LogP contribution in [0.25, 0.3) is 0 Å². The van der Waals surface area contributed by atoms with Gasteiger partial charge in [-0.05, 0) is 29.9 Å². The van der Waals surface area contributed by atoms with Crippen molar-refractivity contribution in [3.63, 3.8) is 0 Å². The molecule has 0 aromatic heterocycles. The molecule has 0 bridgehead atoms. The van der Waals surface area contributed by atoms with Gasteiger partial charge in [0.25, 0.3) is 5.17 Å². The number of halogens is 1. The summed E-state index contributed by atoms with van der Waals surface area (Å²) in [4.78, 5) is 1.76. The summed E-state index contributed by atoms with van der Waals surface area (Å²) in [6, 6.07) is 7.50. The van der Waals surface area contributed by atoms with Crippen LogP contribution in [0.2, 0.25) is 5.02 Å². The minimum Gasteiger partial charge on any atom is -0.466 e. The Labute approximate surface area is 94.4 Å². The van der Waals surface area contributed by atoms with E-state index < -0.39 is 0 Å². The topological polar surface area (TPSA) is 12.5 Å². The minimum absolute atomic E-state index is 0.480. The zero-order valence-electron chi connectivity index (χ0n) is 8.16. The summed E-state index contributed by atoms with van der Waals surface area (Å²) >= 11 is 10.7. The number of rotatable bonds is 2. The summed E-state index contributed by atoms with van der Waals surface area (Å²) < 4.78 is 5.34. The van der Waals surface area contributed by atoms with Gasteiger partial charge in [-0.3, -0.25) is 0 Å². The van der Waals surface area contributed by atoms with Gasteiger partial charge in [0, 0.05) is 19.1 Å². The maximum absolute atomic E-state index is 5.75. The molecule has 0 aliphatic carbocycles. The summed E-state index contributed by atoms with van der Waals surface area (Å²) in [6.07, 6.45) is 0. The molecular formula is C10H12ClNOS. The lowest BCUT2D eigenvalue weighted by Gasteiger charge is -2.14. The van der Waals surface area contributed by atoms with Crippen molar-refractivity contribution in [1.82, 2.24) is 4.90 Å². The van der Waals surface area contributed by atoms with Gasteiger partial charge in [0.05, 0.1) is 0 Å². The van der Waals surface area contributed by atoms with E-state index in [4.69, 9.17) is 28.6 Å². The minimum atomic E-state index is 0.480. The van der Waals surface area contributed by atoms with Gasteiger partial charge in [-0.2, -0.15) is 0 Å². The van der Waals surface area contributed by atoms with Gasteiger partial charge in [-0.15, -0.1) is 0 Å². The van der Waals surface area contributed by atoms with Crippen LogP contribution in [0.5, 0.6) is 0 Å². The molecule has 0 atom stereocenters. The monoisotopic (exact) mass is 229 g/mol. The van der Waals surface area contributed by atoms with Crippen molar-refractivity contribution in [3.8, 4) is 0 Å². The van der Waals surface area contributed by atoms with Gasteiger partial charge in [-0.1, -0.05) is 23.7 Å². The lowest BCUT2D eigenvalue weighted by Crippen LogP contribution is -2.22. The second-order valence-electron chi connectivity index (χ2n) is 3.08. The highest BCUT2D eigenvalue weighted by molar-refractivity contribution is 7.79. The van der Waals surface area contributed by atoms with Crippen LogP contribution in [0, 0.1) is 0 Å². The number of ether oxygens (including phenoxy) is 1. The fraction of sp³-hybridized carbons (Fsp3) is 0.300. The van der Waals surface area contributed by atoms with Crippen LogP contribution in [0.3, 0.4) is 0 Å². The Morgan fingerprint density at radius 3 is 2.43 bits per heavy atom. The third-order valence-electron chi connectivity index (χ3n) is 1.64. The predicted octanol–water partition coefficient (Wildman–Crippen LogP) is 2.70. The first-order chi connectivity index (χ1) is 6.59. The average molecular weight is 230 g/mol. The quantitative estimate of drug-likeness (QED) is 0.724. The Kier molecular flexibility index (Phi) is 4.17. The molecule has 0 N–H and O–H groups in total. The van der Waals surface area contributed by atoms with Crippen LogP contribution >= 0.6 is 23.8 Å². The molecule has 0 aliphatic rings. The maximum atomic E-state index is 5.75. The normalized spacial score (nSPS) is 9.64. The molecule has 0 aliphatic heterocycles. The van der Waals surface area contributed by atoms with E-state index in [0.29, 0.717) is 11.8 Å². The Bertz CT molecular complexity index is 310. The van der Waals surface area contributed by atoms with E-state index in [1.807, 2.05) is 38.4 Å². The van der Waals surface area contributed by atoms with Gasteiger partial charge in [0.15, 0.2) is 0 Å². The summed E-state index contributed by atoms with van der Waals surface area (Å²) in [5.41, 5.74) is 1.05. The molecule has 0 amide bonds. The first-order valence-corrected chi connectivity index (χ1v) is 4.97. The van der Waals surface area contributed by atoms with Crippen LogP contribution < -0.4 is 0 Å². The SMILES string of the molecule is CN(C)C(=S)OCc1ccc(Cl)cc1. The molecule has 0 saturated carbocycles. The van der Waals surface area contributed by atoms with Crippen LogP contribution in [0.4, 0.5) is 0 Å². The first-order valence-electron chi connectivity index (χ1n) is 4.18. The summed E-state index contributed by atoms with van der Waals surface area (Å²) in [6.45, 7) is 0.480. The van der Waals surface area contributed by atoms with Gasteiger partial charge in [-0.25, -0.2) is 0 Å². The third kappa shape index (κ3) is 3.52. The highest BCUT2D eigenvalue weighted by atomic mass is 35.5. The fourth-order valence-corrected chi connectivity index (χ4v) is 1.04. The van der Waals surface area contributed by atoms with E-state index >= 15 is 0 Å². The summed E-state index contributed by atoms with van der Waals surface area (Å²) in [7, 11) is 3.70. The zero-order chi connectivity index (χ0) is 10.6. The van der Waals surface area contributed by atoms with Crippen molar-refractivity contribution in [2.24, 2.45) is 0 Å². The molecule has 0 fully saturated rings. The molecule has 1 aromatic carbocycles. The highest BCUT2D eigenvalue weighted by Gasteiger charge is 2.00. The standard InChI is InChI=1S/C10H12ClNOS/c1-12(2)10(14)13-7-8-3-5-9(11)6-4-8/h3-6H,7H2,1-2H3. The average Bonchev–Trinajstić information content (AvgIpc) is 2.16. The second-order valence-corrected chi connectivity index (χ2v) is 3.86. The van der Waals surface area contributed by atoms with E-state index in [1.54, 1.807) is 4.90 Å². The molecule has 0 spiro atoms. The van der Waals surface area contributed by atoms with Crippen LogP contribution in [0.1, 0.15) is 5.56 Å². The largest absolute Gasteiger partial charge is 0.466 e. The van der Waals surface area contributed by atoms with Gasteiger partial charge in [0.1, 0.15) is 6.61 Å². The number of thiocarbonyl (C=S) groups is 1. The van der Waals surface area contributed by atoms with E-state index in [9.17, 15) is 0 Å². The molecule has 14 heavy (non-hydrogen) atoms.